The number of hydrogen-bond acceptors (Lipinski definition) is 1. The third-order valence-electron chi connectivity index (χ3n) is 10.6. The highest BCUT2D eigenvalue weighted by Gasteiger charge is 2.39. The van der Waals surface area contributed by atoms with E-state index in [1.165, 1.54) is 82.6 Å². The summed E-state index contributed by atoms with van der Waals surface area (Å²) in [5, 5.41) is 7.40. The molecule has 0 unspecified atom stereocenters. The summed E-state index contributed by atoms with van der Waals surface area (Å²) in [4.78, 5) is 0. The number of hydrogen-bond donors (Lipinski definition) is 0. The van der Waals surface area contributed by atoms with Crippen LogP contribution in [0.3, 0.4) is 0 Å². The van der Waals surface area contributed by atoms with Crippen LogP contribution in [0.5, 0.6) is 0 Å². The van der Waals surface area contributed by atoms with Crippen molar-refractivity contribution in [3.8, 4) is 44.5 Å². The second-order valence-electron chi connectivity index (χ2n) is 13.6. The van der Waals surface area contributed by atoms with Crippen molar-refractivity contribution >= 4 is 43.5 Å². The third-order valence-corrected chi connectivity index (χ3v) is 10.6. The molecular weight excluding hydrogens is 581 g/mol. The van der Waals surface area contributed by atoms with E-state index in [0.717, 1.165) is 16.6 Å². The van der Waals surface area contributed by atoms with Crippen molar-refractivity contribution in [2.75, 3.05) is 0 Å². The van der Waals surface area contributed by atoms with Gasteiger partial charge in [-0.25, -0.2) is 0 Å². The standard InChI is InChI=1S/C47H32O/c1-47(2)40-22-12-10-16-32(40)38-28-39-33-17-11-13-23-41(33)48-46(39)44(45(38)47)31-26-24-30(25-27-31)43-36-20-8-6-18-34(36)42(29-14-4-3-5-15-29)35-19-7-9-21-37(35)43/h3-28H,1-2H3. The van der Waals surface area contributed by atoms with Gasteiger partial charge in [0.05, 0.1) is 0 Å². The maximum Gasteiger partial charge on any atom is 0.143 e. The molecule has 0 radical (unpaired) electrons. The van der Waals surface area contributed by atoms with Crippen LogP contribution in [0.25, 0.3) is 88.0 Å². The molecule has 8 aromatic carbocycles. The zero-order valence-electron chi connectivity index (χ0n) is 26.9. The molecule has 0 spiro atoms. The molecule has 1 heterocycles. The normalized spacial score (nSPS) is 13.4. The lowest BCUT2D eigenvalue weighted by Crippen LogP contribution is -2.16. The van der Waals surface area contributed by atoms with Crippen LogP contribution in [0.1, 0.15) is 25.0 Å². The molecule has 0 N–H and O–H groups in total. The van der Waals surface area contributed by atoms with Crippen molar-refractivity contribution in [3.63, 3.8) is 0 Å². The first-order chi connectivity index (χ1) is 23.6. The molecule has 0 amide bonds. The molecule has 0 bridgehead atoms. The lowest BCUT2D eigenvalue weighted by atomic mass is 9.78. The number of fused-ring (bicyclic) bond motifs is 8. The largest absolute Gasteiger partial charge is 0.455 e. The molecule has 1 aromatic heterocycles. The van der Waals surface area contributed by atoms with Crippen LogP contribution in [0.15, 0.2) is 162 Å². The fraction of sp³-hybridized carbons (Fsp3) is 0.0638. The van der Waals surface area contributed by atoms with Crippen molar-refractivity contribution in [3.05, 3.63) is 169 Å². The maximum atomic E-state index is 6.74. The Morgan fingerprint density at radius 1 is 0.396 bits per heavy atom. The topological polar surface area (TPSA) is 13.1 Å². The van der Waals surface area contributed by atoms with Crippen LogP contribution in [0, 0.1) is 0 Å². The monoisotopic (exact) mass is 612 g/mol. The molecular formula is C47H32O. The van der Waals surface area contributed by atoms with Gasteiger partial charge in [0.25, 0.3) is 0 Å². The molecule has 0 saturated carbocycles. The van der Waals surface area contributed by atoms with Crippen molar-refractivity contribution < 1.29 is 4.42 Å². The van der Waals surface area contributed by atoms with Crippen LogP contribution in [0.4, 0.5) is 0 Å². The molecule has 0 atom stereocenters. The van der Waals surface area contributed by atoms with Crippen molar-refractivity contribution in [2.24, 2.45) is 0 Å². The quantitative estimate of drug-likeness (QED) is 0.181. The summed E-state index contributed by atoms with van der Waals surface area (Å²) in [5.41, 5.74) is 14.4. The van der Waals surface area contributed by atoms with Crippen molar-refractivity contribution in [2.45, 2.75) is 19.3 Å². The molecule has 1 aliphatic carbocycles. The Morgan fingerprint density at radius 2 is 0.875 bits per heavy atom. The summed E-state index contributed by atoms with van der Waals surface area (Å²) >= 11 is 0. The van der Waals surface area contributed by atoms with Crippen molar-refractivity contribution in [1.29, 1.82) is 0 Å². The molecule has 1 heteroatoms. The predicted octanol–water partition coefficient (Wildman–Crippen LogP) is 13.2. The van der Waals surface area contributed by atoms with Crippen LogP contribution in [-0.2, 0) is 5.41 Å². The summed E-state index contributed by atoms with van der Waals surface area (Å²) in [5.74, 6) is 0. The molecule has 1 aliphatic rings. The van der Waals surface area contributed by atoms with Crippen LogP contribution < -0.4 is 0 Å². The zero-order valence-corrected chi connectivity index (χ0v) is 26.9. The number of rotatable bonds is 3. The number of benzene rings is 8. The minimum atomic E-state index is -0.174. The van der Waals surface area contributed by atoms with E-state index >= 15 is 0 Å². The Morgan fingerprint density at radius 3 is 1.50 bits per heavy atom. The average Bonchev–Trinajstić information content (AvgIpc) is 3.62. The van der Waals surface area contributed by atoms with Gasteiger partial charge in [-0.3, -0.25) is 0 Å². The van der Waals surface area contributed by atoms with E-state index in [2.05, 4.69) is 172 Å². The van der Waals surface area contributed by atoms with E-state index in [9.17, 15) is 0 Å². The maximum absolute atomic E-state index is 6.74. The average molecular weight is 613 g/mol. The first kappa shape index (κ1) is 27.2. The van der Waals surface area contributed by atoms with Gasteiger partial charge in [0, 0.05) is 21.8 Å². The van der Waals surface area contributed by atoms with Gasteiger partial charge in [0.1, 0.15) is 11.2 Å². The fourth-order valence-electron chi connectivity index (χ4n) is 8.55. The van der Waals surface area contributed by atoms with Crippen LogP contribution >= 0.6 is 0 Å². The first-order valence-electron chi connectivity index (χ1n) is 16.8. The molecule has 1 nitrogen and oxygen atoms in total. The van der Waals surface area contributed by atoms with Gasteiger partial charge in [-0.1, -0.05) is 159 Å². The summed E-state index contributed by atoms with van der Waals surface area (Å²) in [6, 6.07) is 57.5. The first-order valence-corrected chi connectivity index (χ1v) is 16.8. The van der Waals surface area contributed by atoms with Crippen molar-refractivity contribution in [1.82, 2.24) is 0 Å². The molecule has 0 aliphatic heterocycles. The second-order valence-corrected chi connectivity index (χ2v) is 13.6. The Bertz CT molecular complexity index is 2670. The third kappa shape index (κ3) is 3.73. The minimum absolute atomic E-state index is 0.174. The van der Waals surface area contributed by atoms with E-state index in [0.29, 0.717) is 0 Å². The number of para-hydroxylation sites is 1. The molecule has 0 fully saturated rings. The van der Waals surface area contributed by atoms with Gasteiger partial charge in [-0.15, -0.1) is 0 Å². The highest BCUT2D eigenvalue weighted by atomic mass is 16.3. The van der Waals surface area contributed by atoms with Gasteiger partial charge in [-0.05, 0) is 83.7 Å². The molecule has 226 valence electrons. The van der Waals surface area contributed by atoms with Crippen LogP contribution in [0.2, 0.25) is 0 Å². The Kier molecular flexibility index (Phi) is 5.69. The summed E-state index contributed by atoms with van der Waals surface area (Å²) in [6.45, 7) is 4.72. The van der Waals surface area contributed by atoms with E-state index in [4.69, 9.17) is 4.42 Å². The lowest BCUT2D eigenvalue weighted by molar-refractivity contribution is 0.650. The van der Waals surface area contributed by atoms with Gasteiger partial charge in [0.15, 0.2) is 0 Å². The van der Waals surface area contributed by atoms with Gasteiger partial charge < -0.3 is 4.42 Å². The summed E-state index contributed by atoms with van der Waals surface area (Å²) in [6.07, 6.45) is 0. The minimum Gasteiger partial charge on any atom is -0.455 e. The van der Waals surface area contributed by atoms with E-state index in [-0.39, 0.29) is 5.41 Å². The molecule has 10 rings (SSSR count). The molecule has 9 aromatic rings. The second kappa shape index (κ2) is 10.0. The Balaban J connectivity index is 1.24. The van der Waals surface area contributed by atoms with Crippen LogP contribution in [-0.4, -0.2) is 0 Å². The van der Waals surface area contributed by atoms with E-state index in [1.54, 1.807) is 0 Å². The lowest BCUT2D eigenvalue weighted by Gasteiger charge is -2.25. The molecule has 0 saturated heterocycles. The highest BCUT2D eigenvalue weighted by molar-refractivity contribution is 6.21. The highest BCUT2D eigenvalue weighted by Crippen LogP contribution is 2.55. The Hall–Kier alpha value is -5.92. The fourth-order valence-corrected chi connectivity index (χ4v) is 8.55. The number of furan rings is 1. The van der Waals surface area contributed by atoms with Gasteiger partial charge in [-0.2, -0.15) is 0 Å². The Labute approximate surface area is 279 Å². The van der Waals surface area contributed by atoms with Gasteiger partial charge in [0.2, 0.25) is 0 Å². The summed E-state index contributed by atoms with van der Waals surface area (Å²) < 4.78 is 6.74. The molecule has 48 heavy (non-hydrogen) atoms. The van der Waals surface area contributed by atoms with E-state index in [1.807, 2.05) is 0 Å². The predicted molar refractivity (Wildman–Crippen MR) is 203 cm³/mol. The van der Waals surface area contributed by atoms with Gasteiger partial charge >= 0.3 is 0 Å². The smallest absolute Gasteiger partial charge is 0.143 e. The zero-order chi connectivity index (χ0) is 32.0. The SMILES string of the molecule is CC1(C)c2ccccc2-c2cc3c(oc4ccccc43)c(-c3ccc(-c4c5ccccc5c(-c5ccccc5)c5ccccc45)cc3)c21. The summed E-state index contributed by atoms with van der Waals surface area (Å²) in [7, 11) is 0. The van der Waals surface area contributed by atoms with E-state index < -0.39 is 0 Å².